The maximum absolute atomic E-state index is 11.3. The smallest absolute Gasteiger partial charge is 0.315 e. The highest BCUT2D eigenvalue weighted by Crippen LogP contribution is 2.01. The minimum atomic E-state index is -0.572. The Bertz CT molecular complexity index is 219. The van der Waals surface area contributed by atoms with E-state index in [0.717, 1.165) is 0 Å². The third-order valence-electron chi connectivity index (χ3n) is 2.00. The minimum Gasteiger partial charge on any atom is -0.395 e. The van der Waals surface area contributed by atoms with Gasteiger partial charge in [-0.3, -0.25) is 4.79 Å². The van der Waals surface area contributed by atoms with Crippen molar-refractivity contribution >= 4 is 11.9 Å². The Balaban J connectivity index is 2.46. The SMILES string of the molecule is NC(=O)N1CCN(CCO)C(=O)C1. The number of rotatable bonds is 2. The number of nitrogens with two attached hydrogens (primary N) is 1. The third kappa shape index (κ3) is 2.32. The zero-order valence-corrected chi connectivity index (χ0v) is 7.27. The second-order valence-electron chi connectivity index (χ2n) is 2.86. The number of aliphatic hydroxyl groups is 1. The van der Waals surface area contributed by atoms with Gasteiger partial charge in [0.25, 0.3) is 0 Å². The summed E-state index contributed by atoms with van der Waals surface area (Å²) in [6.07, 6.45) is 0. The van der Waals surface area contributed by atoms with Crippen molar-refractivity contribution < 1.29 is 14.7 Å². The van der Waals surface area contributed by atoms with Crippen molar-refractivity contribution in [3.63, 3.8) is 0 Å². The predicted octanol–water partition coefficient (Wildman–Crippen LogP) is -1.80. The predicted molar refractivity (Wildman–Crippen MR) is 44.8 cm³/mol. The highest BCUT2D eigenvalue weighted by atomic mass is 16.3. The number of β-amino-alcohol motifs (C(OH)–C–C–N with tert-alkyl or cyclic N) is 1. The lowest BCUT2D eigenvalue weighted by molar-refractivity contribution is -0.135. The second-order valence-corrected chi connectivity index (χ2v) is 2.86. The van der Waals surface area contributed by atoms with Crippen LogP contribution in [-0.2, 0) is 4.79 Å². The molecular formula is C7H13N3O3. The number of hydrogen-bond acceptors (Lipinski definition) is 3. The van der Waals surface area contributed by atoms with Crippen LogP contribution in [0, 0.1) is 0 Å². The molecule has 0 unspecified atom stereocenters. The monoisotopic (exact) mass is 187 g/mol. The lowest BCUT2D eigenvalue weighted by atomic mass is 10.3. The van der Waals surface area contributed by atoms with Gasteiger partial charge in [-0.15, -0.1) is 0 Å². The van der Waals surface area contributed by atoms with Crippen LogP contribution in [-0.4, -0.2) is 59.6 Å². The number of urea groups is 1. The van der Waals surface area contributed by atoms with E-state index in [-0.39, 0.29) is 19.1 Å². The zero-order chi connectivity index (χ0) is 9.84. The summed E-state index contributed by atoms with van der Waals surface area (Å²) in [4.78, 5) is 24.8. The largest absolute Gasteiger partial charge is 0.395 e. The van der Waals surface area contributed by atoms with Crippen molar-refractivity contribution in [3.05, 3.63) is 0 Å². The zero-order valence-electron chi connectivity index (χ0n) is 7.27. The van der Waals surface area contributed by atoms with Gasteiger partial charge in [-0.25, -0.2) is 4.79 Å². The molecule has 0 aromatic carbocycles. The molecule has 0 radical (unpaired) electrons. The number of piperazine rings is 1. The summed E-state index contributed by atoms with van der Waals surface area (Å²) in [5.41, 5.74) is 5.02. The van der Waals surface area contributed by atoms with Crippen LogP contribution in [0.15, 0.2) is 0 Å². The molecule has 74 valence electrons. The van der Waals surface area contributed by atoms with E-state index in [4.69, 9.17) is 10.8 Å². The van der Waals surface area contributed by atoms with Gasteiger partial charge in [0.1, 0.15) is 6.54 Å². The van der Waals surface area contributed by atoms with Gasteiger partial charge in [0, 0.05) is 19.6 Å². The average molecular weight is 187 g/mol. The van der Waals surface area contributed by atoms with Gasteiger partial charge in [-0.2, -0.15) is 0 Å². The Morgan fingerprint density at radius 1 is 1.54 bits per heavy atom. The Morgan fingerprint density at radius 2 is 2.23 bits per heavy atom. The van der Waals surface area contributed by atoms with E-state index in [9.17, 15) is 9.59 Å². The maximum atomic E-state index is 11.3. The molecule has 0 bridgehead atoms. The van der Waals surface area contributed by atoms with Crippen LogP contribution in [0.5, 0.6) is 0 Å². The van der Waals surface area contributed by atoms with Gasteiger partial charge in [0.05, 0.1) is 6.61 Å². The van der Waals surface area contributed by atoms with Crippen LogP contribution < -0.4 is 5.73 Å². The third-order valence-corrected chi connectivity index (χ3v) is 2.00. The van der Waals surface area contributed by atoms with Crippen LogP contribution >= 0.6 is 0 Å². The summed E-state index contributed by atoms with van der Waals surface area (Å²) < 4.78 is 0. The number of nitrogens with zero attached hydrogens (tertiary/aromatic N) is 2. The molecule has 0 aliphatic carbocycles. The Hall–Kier alpha value is -1.30. The van der Waals surface area contributed by atoms with Crippen molar-refractivity contribution in [2.45, 2.75) is 0 Å². The lowest BCUT2D eigenvalue weighted by Gasteiger charge is -2.32. The molecule has 3 amide bonds. The van der Waals surface area contributed by atoms with Crippen LogP contribution in [0.4, 0.5) is 4.79 Å². The molecule has 6 nitrogen and oxygen atoms in total. The summed E-state index contributed by atoms with van der Waals surface area (Å²) in [6, 6.07) is -0.572. The number of aliphatic hydroxyl groups excluding tert-OH is 1. The summed E-state index contributed by atoms with van der Waals surface area (Å²) in [5.74, 6) is -0.167. The molecule has 0 aromatic heterocycles. The van der Waals surface area contributed by atoms with Gasteiger partial charge < -0.3 is 20.6 Å². The van der Waals surface area contributed by atoms with Crippen LogP contribution in [0.3, 0.4) is 0 Å². The number of hydrogen-bond donors (Lipinski definition) is 2. The van der Waals surface area contributed by atoms with E-state index in [2.05, 4.69) is 0 Å². The van der Waals surface area contributed by atoms with Crippen LogP contribution in [0.25, 0.3) is 0 Å². The molecular weight excluding hydrogens is 174 g/mol. The van der Waals surface area contributed by atoms with E-state index in [1.165, 1.54) is 9.80 Å². The van der Waals surface area contributed by atoms with Gasteiger partial charge in [-0.1, -0.05) is 0 Å². The quantitative estimate of drug-likeness (QED) is 0.534. The molecule has 1 rings (SSSR count). The number of carbonyl (C=O) groups excluding carboxylic acids is 2. The molecule has 1 saturated heterocycles. The second kappa shape index (κ2) is 4.08. The number of primary amides is 1. The first-order valence-electron chi connectivity index (χ1n) is 4.08. The molecule has 0 spiro atoms. The minimum absolute atomic E-state index is 0.0231. The number of amides is 3. The Morgan fingerprint density at radius 3 is 2.69 bits per heavy atom. The van der Waals surface area contributed by atoms with Gasteiger partial charge in [0.15, 0.2) is 0 Å². The summed E-state index contributed by atoms with van der Waals surface area (Å²) in [7, 11) is 0. The number of carbonyl (C=O) groups is 2. The first-order chi connectivity index (χ1) is 6.15. The van der Waals surface area contributed by atoms with Crippen LogP contribution in [0.2, 0.25) is 0 Å². The Kier molecular flexibility index (Phi) is 3.07. The topological polar surface area (TPSA) is 86.9 Å². The molecule has 3 N–H and O–H groups in total. The average Bonchev–Trinajstić information content (AvgIpc) is 2.08. The van der Waals surface area contributed by atoms with Crippen LogP contribution in [0.1, 0.15) is 0 Å². The van der Waals surface area contributed by atoms with Gasteiger partial charge in [0.2, 0.25) is 5.91 Å². The molecule has 0 aromatic rings. The summed E-state index contributed by atoms with van der Waals surface area (Å²) in [5, 5.41) is 8.61. The van der Waals surface area contributed by atoms with E-state index in [1.807, 2.05) is 0 Å². The fourth-order valence-corrected chi connectivity index (χ4v) is 1.25. The summed E-state index contributed by atoms with van der Waals surface area (Å²) >= 11 is 0. The van der Waals surface area contributed by atoms with Crippen molar-refractivity contribution in [1.29, 1.82) is 0 Å². The lowest BCUT2D eigenvalue weighted by Crippen LogP contribution is -2.54. The van der Waals surface area contributed by atoms with E-state index in [0.29, 0.717) is 19.6 Å². The Labute approximate surface area is 75.9 Å². The first kappa shape index (κ1) is 9.79. The van der Waals surface area contributed by atoms with Crippen molar-refractivity contribution in [2.24, 2.45) is 5.73 Å². The normalized spacial score (nSPS) is 17.8. The fourth-order valence-electron chi connectivity index (χ4n) is 1.25. The van der Waals surface area contributed by atoms with Gasteiger partial charge in [-0.05, 0) is 0 Å². The fraction of sp³-hybridized carbons (Fsp3) is 0.714. The van der Waals surface area contributed by atoms with Gasteiger partial charge >= 0.3 is 6.03 Å². The molecule has 1 heterocycles. The highest BCUT2D eigenvalue weighted by Gasteiger charge is 2.24. The maximum Gasteiger partial charge on any atom is 0.315 e. The first-order valence-corrected chi connectivity index (χ1v) is 4.08. The molecule has 13 heavy (non-hydrogen) atoms. The van der Waals surface area contributed by atoms with E-state index < -0.39 is 6.03 Å². The van der Waals surface area contributed by atoms with E-state index in [1.54, 1.807) is 0 Å². The molecule has 0 atom stereocenters. The molecule has 6 heteroatoms. The summed E-state index contributed by atoms with van der Waals surface area (Å²) in [6.45, 7) is 1.19. The molecule has 1 aliphatic heterocycles. The van der Waals surface area contributed by atoms with Crippen molar-refractivity contribution in [3.8, 4) is 0 Å². The van der Waals surface area contributed by atoms with Crippen molar-refractivity contribution in [1.82, 2.24) is 9.80 Å². The molecule has 0 saturated carbocycles. The molecule has 1 fully saturated rings. The highest BCUT2D eigenvalue weighted by molar-refractivity contribution is 5.84. The van der Waals surface area contributed by atoms with Crippen molar-refractivity contribution in [2.75, 3.05) is 32.8 Å². The standard InChI is InChI=1S/C7H13N3O3/c8-7(13)10-2-1-9(3-4-11)6(12)5-10/h11H,1-5H2,(H2,8,13). The molecule has 1 aliphatic rings. The van der Waals surface area contributed by atoms with E-state index >= 15 is 0 Å².